The first-order chi connectivity index (χ1) is 9.29. The number of oxime groups is 1. The molecule has 0 aliphatic heterocycles. The summed E-state index contributed by atoms with van der Waals surface area (Å²) in [4.78, 5) is 10.0. The molecule has 0 radical (unpaired) electrons. The number of nitrogens with two attached hydrogens (primary N) is 1. The largest absolute Gasteiger partial charge is 0.384 e. The predicted octanol–water partition coefficient (Wildman–Crippen LogP) is 1.16. The molecule has 2 N–H and O–H groups in total. The lowest BCUT2D eigenvalue weighted by Crippen LogP contribution is -2.11. The molecule has 8 heteroatoms. The Kier molecular flexibility index (Phi) is 4.87. The van der Waals surface area contributed by atoms with E-state index in [0.717, 1.165) is 4.88 Å². The van der Waals surface area contributed by atoms with Gasteiger partial charge in [-0.25, -0.2) is 0 Å². The van der Waals surface area contributed by atoms with Gasteiger partial charge in [0.05, 0.1) is 11.5 Å². The Hall–Kier alpha value is -1.93. The van der Waals surface area contributed by atoms with Crippen LogP contribution in [0.15, 0.2) is 27.2 Å². The first kappa shape index (κ1) is 13.5. The van der Waals surface area contributed by atoms with Crippen LogP contribution in [0.5, 0.6) is 0 Å². The highest BCUT2D eigenvalue weighted by molar-refractivity contribution is 7.12. The van der Waals surface area contributed by atoms with E-state index >= 15 is 0 Å². The molecule has 0 saturated heterocycles. The van der Waals surface area contributed by atoms with Crippen molar-refractivity contribution in [1.29, 1.82) is 0 Å². The number of nitrogens with zero attached hydrogens (tertiary/aromatic N) is 3. The molecular formula is C11H14N4O3S. The number of amidine groups is 1. The summed E-state index contributed by atoms with van der Waals surface area (Å²) in [7, 11) is 1.62. The van der Waals surface area contributed by atoms with Crippen molar-refractivity contribution >= 4 is 17.2 Å². The third kappa shape index (κ3) is 4.04. The topological polar surface area (TPSA) is 95.8 Å². The Morgan fingerprint density at radius 2 is 2.47 bits per heavy atom. The zero-order valence-electron chi connectivity index (χ0n) is 10.4. The predicted molar refractivity (Wildman–Crippen MR) is 69.7 cm³/mol. The second-order valence-electron chi connectivity index (χ2n) is 3.57. The van der Waals surface area contributed by atoms with E-state index in [9.17, 15) is 0 Å². The molecule has 2 heterocycles. The van der Waals surface area contributed by atoms with Crippen molar-refractivity contribution in [3.8, 4) is 0 Å². The normalized spacial score (nSPS) is 11.7. The molecular weight excluding hydrogens is 268 g/mol. The van der Waals surface area contributed by atoms with Gasteiger partial charge in [-0.3, -0.25) is 0 Å². The van der Waals surface area contributed by atoms with E-state index in [0.29, 0.717) is 30.6 Å². The average molecular weight is 282 g/mol. The fraction of sp³-hybridized carbons (Fsp3) is 0.364. The van der Waals surface area contributed by atoms with Crippen LogP contribution in [0.3, 0.4) is 0 Å². The number of methoxy groups -OCH3 is 1. The summed E-state index contributed by atoms with van der Waals surface area (Å²) in [5.41, 5.74) is 5.73. The van der Waals surface area contributed by atoms with Crippen molar-refractivity contribution < 1.29 is 14.1 Å². The summed E-state index contributed by atoms with van der Waals surface area (Å²) in [5, 5.41) is 9.48. The lowest BCUT2D eigenvalue weighted by molar-refractivity contribution is 0.105. The van der Waals surface area contributed by atoms with E-state index in [2.05, 4.69) is 15.3 Å². The highest BCUT2D eigenvalue weighted by Gasteiger charge is 2.06. The Balaban J connectivity index is 1.82. The molecule has 0 aromatic carbocycles. The van der Waals surface area contributed by atoms with E-state index in [1.165, 1.54) is 11.3 Å². The summed E-state index contributed by atoms with van der Waals surface area (Å²) in [6.45, 7) is 0.634. The van der Waals surface area contributed by atoms with Crippen LogP contribution < -0.4 is 5.73 Å². The molecule has 0 aliphatic carbocycles. The Morgan fingerprint density at radius 3 is 3.21 bits per heavy atom. The summed E-state index contributed by atoms with van der Waals surface area (Å²) >= 11 is 1.49. The van der Waals surface area contributed by atoms with Gasteiger partial charge >= 0.3 is 0 Å². The number of rotatable bonds is 7. The number of aromatic nitrogens is 2. The fourth-order valence-corrected chi connectivity index (χ4v) is 1.89. The third-order valence-corrected chi connectivity index (χ3v) is 3.06. The second-order valence-corrected chi connectivity index (χ2v) is 4.52. The molecule has 0 aliphatic rings. The lowest BCUT2D eigenvalue weighted by atomic mass is 10.4. The maximum Gasteiger partial charge on any atom is 0.267 e. The molecule has 2 aromatic rings. The third-order valence-electron chi connectivity index (χ3n) is 2.16. The molecule has 7 nitrogen and oxygen atoms in total. The molecule has 0 unspecified atom stereocenters. The van der Waals surface area contributed by atoms with Crippen molar-refractivity contribution in [1.82, 2.24) is 10.1 Å². The van der Waals surface area contributed by atoms with Crippen molar-refractivity contribution in [2.75, 3.05) is 13.7 Å². The van der Waals surface area contributed by atoms with E-state index in [1.54, 1.807) is 7.11 Å². The van der Waals surface area contributed by atoms with Gasteiger partial charge in [-0.1, -0.05) is 16.4 Å². The quantitative estimate of drug-likeness (QED) is 0.465. The van der Waals surface area contributed by atoms with Gasteiger partial charge in [0.2, 0.25) is 0 Å². The number of hydrogen-bond acceptors (Lipinski definition) is 7. The molecule has 0 spiro atoms. The van der Waals surface area contributed by atoms with E-state index < -0.39 is 0 Å². The number of ether oxygens (including phenoxy) is 1. The minimum atomic E-state index is 0.0893. The molecule has 2 rings (SSSR count). The highest BCUT2D eigenvalue weighted by Crippen LogP contribution is 2.08. The maximum absolute atomic E-state index is 5.73. The standard InChI is InChI=1S/C11H14N4O3S/c1-16-5-4-9-13-10(18-14-9)7-17-15-11(12)8-3-2-6-19-8/h2-3,6H,4-5,7H2,1H3,(H2,12,15). The van der Waals surface area contributed by atoms with Gasteiger partial charge in [0.15, 0.2) is 18.3 Å². The van der Waals surface area contributed by atoms with Crippen LogP contribution in [0.4, 0.5) is 0 Å². The summed E-state index contributed by atoms with van der Waals surface area (Å²) in [5.74, 6) is 1.26. The maximum atomic E-state index is 5.73. The monoisotopic (exact) mass is 282 g/mol. The van der Waals surface area contributed by atoms with Gasteiger partial charge in [-0.2, -0.15) is 4.98 Å². The zero-order chi connectivity index (χ0) is 13.5. The van der Waals surface area contributed by atoms with Crippen LogP contribution in [0, 0.1) is 0 Å². The molecule has 102 valence electrons. The van der Waals surface area contributed by atoms with Gasteiger partial charge in [0.1, 0.15) is 0 Å². The minimum absolute atomic E-state index is 0.0893. The van der Waals surface area contributed by atoms with Crippen LogP contribution >= 0.6 is 11.3 Å². The van der Waals surface area contributed by atoms with Crippen LogP contribution in [-0.4, -0.2) is 29.7 Å². The molecule has 0 saturated carbocycles. The Morgan fingerprint density at radius 1 is 1.58 bits per heavy atom. The van der Waals surface area contributed by atoms with E-state index in [4.69, 9.17) is 19.8 Å². The van der Waals surface area contributed by atoms with Gasteiger partial charge < -0.3 is 19.8 Å². The lowest BCUT2D eigenvalue weighted by Gasteiger charge is -1.96. The molecule has 19 heavy (non-hydrogen) atoms. The molecule has 2 aromatic heterocycles. The van der Waals surface area contributed by atoms with Crippen LogP contribution in [0.25, 0.3) is 0 Å². The summed E-state index contributed by atoms with van der Waals surface area (Å²) < 4.78 is 9.90. The van der Waals surface area contributed by atoms with Crippen molar-refractivity contribution in [2.24, 2.45) is 10.9 Å². The van der Waals surface area contributed by atoms with Crippen molar-refractivity contribution in [2.45, 2.75) is 13.0 Å². The van der Waals surface area contributed by atoms with Gasteiger partial charge in [-0.15, -0.1) is 11.3 Å². The average Bonchev–Trinajstić information content (AvgIpc) is 3.07. The zero-order valence-corrected chi connectivity index (χ0v) is 11.2. The molecule has 0 amide bonds. The summed E-state index contributed by atoms with van der Waals surface area (Å²) in [6.07, 6.45) is 0.598. The Labute approximate surface area is 114 Å². The van der Waals surface area contributed by atoms with Crippen molar-refractivity contribution in [3.05, 3.63) is 34.1 Å². The second kappa shape index (κ2) is 6.86. The van der Waals surface area contributed by atoms with E-state index in [1.807, 2.05) is 17.5 Å². The van der Waals surface area contributed by atoms with Gasteiger partial charge in [-0.05, 0) is 11.4 Å². The molecule has 0 fully saturated rings. The number of thiophene rings is 1. The highest BCUT2D eigenvalue weighted by atomic mass is 32.1. The van der Waals surface area contributed by atoms with Crippen LogP contribution in [0.1, 0.15) is 16.6 Å². The van der Waals surface area contributed by atoms with Gasteiger partial charge in [0.25, 0.3) is 5.89 Å². The van der Waals surface area contributed by atoms with Crippen LogP contribution in [-0.2, 0) is 22.6 Å². The van der Waals surface area contributed by atoms with E-state index in [-0.39, 0.29) is 6.61 Å². The molecule has 0 atom stereocenters. The van der Waals surface area contributed by atoms with Gasteiger partial charge in [0, 0.05) is 13.5 Å². The smallest absolute Gasteiger partial charge is 0.267 e. The first-order valence-corrected chi connectivity index (χ1v) is 6.47. The first-order valence-electron chi connectivity index (χ1n) is 5.59. The fourth-order valence-electron chi connectivity index (χ4n) is 1.27. The Bertz CT molecular complexity index is 524. The van der Waals surface area contributed by atoms with Crippen molar-refractivity contribution in [3.63, 3.8) is 0 Å². The summed E-state index contributed by atoms with van der Waals surface area (Å²) in [6, 6.07) is 3.75. The van der Waals surface area contributed by atoms with Crippen LogP contribution in [0.2, 0.25) is 0 Å². The molecule has 0 bridgehead atoms. The number of hydrogen-bond donors (Lipinski definition) is 1. The minimum Gasteiger partial charge on any atom is -0.384 e. The SMILES string of the molecule is COCCc1noc(CON=C(N)c2cccs2)n1.